The Kier molecular flexibility index (Phi) is 9.33. The fourth-order valence-corrected chi connectivity index (χ4v) is 2.40. The van der Waals surface area contributed by atoms with Crippen molar-refractivity contribution in [2.24, 2.45) is 0 Å². The highest BCUT2D eigenvalue weighted by Crippen LogP contribution is 2.08. The number of imidazole rings is 1. The van der Waals surface area contributed by atoms with Crippen LogP contribution in [0.25, 0.3) is 0 Å². The lowest BCUT2D eigenvalue weighted by atomic mass is 10.1. The van der Waals surface area contributed by atoms with Crippen LogP contribution in [0.1, 0.15) is 52.3 Å². The monoisotopic (exact) mass is 281 g/mol. The van der Waals surface area contributed by atoms with Gasteiger partial charge in [-0.05, 0) is 39.2 Å². The van der Waals surface area contributed by atoms with Crippen molar-refractivity contribution in [2.45, 2.75) is 65.5 Å². The zero-order valence-corrected chi connectivity index (χ0v) is 13.4. The van der Waals surface area contributed by atoms with E-state index in [1.807, 2.05) is 13.1 Å². The molecule has 0 bridgehead atoms. The lowest BCUT2D eigenvalue weighted by Crippen LogP contribution is -2.33. The molecule has 1 aromatic rings. The number of rotatable bonds is 12. The maximum absolute atomic E-state index is 5.44. The van der Waals surface area contributed by atoms with E-state index >= 15 is 0 Å². The van der Waals surface area contributed by atoms with Crippen LogP contribution in [0.3, 0.4) is 0 Å². The van der Waals surface area contributed by atoms with Gasteiger partial charge in [-0.1, -0.05) is 13.8 Å². The number of ether oxygens (including phenoxy) is 1. The molecule has 1 heterocycles. The summed E-state index contributed by atoms with van der Waals surface area (Å²) in [7, 11) is 0. The van der Waals surface area contributed by atoms with Crippen LogP contribution in [-0.2, 0) is 17.7 Å². The predicted molar refractivity (Wildman–Crippen MR) is 84.0 cm³/mol. The van der Waals surface area contributed by atoms with Crippen molar-refractivity contribution in [3.63, 3.8) is 0 Å². The van der Waals surface area contributed by atoms with Crippen LogP contribution < -0.4 is 5.32 Å². The van der Waals surface area contributed by atoms with E-state index in [1.165, 1.54) is 12.2 Å². The molecule has 1 atom stereocenters. The highest BCUT2D eigenvalue weighted by Gasteiger charge is 2.12. The van der Waals surface area contributed by atoms with Crippen molar-refractivity contribution >= 4 is 0 Å². The molecule has 0 radical (unpaired) electrons. The molecule has 4 heteroatoms. The number of aryl methyl sites for hydroxylation is 1. The second kappa shape index (κ2) is 10.9. The first-order chi connectivity index (χ1) is 9.81. The molecule has 0 aliphatic heterocycles. The Balaban J connectivity index is 2.47. The first-order valence-corrected chi connectivity index (χ1v) is 8.12. The van der Waals surface area contributed by atoms with Gasteiger partial charge in [0.1, 0.15) is 5.82 Å². The van der Waals surface area contributed by atoms with Gasteiger partial charge in [-0.15, -0.1) is 0 Å². The van der Waals surface area contributed by atoms with E-state index in [0.29, 0.717) is 6.04 Å². The zero-order valence-electron chi connectivity index (χ0n) is 13.4. The minimum absolute atomic E-state index is 0.508. The molecule has 0 amide bonds. The van der Waals surface area contributed by atoms with Crippen molar-refractivity contribution in [3.05, 3.63) is 18.2 Å². The number of hydrogen-bond acceptors (Lipinski definition) is 3. The quantitative estimate of drug-likeness (QED) is 0.599. The summed E-state index contributed by atoms with van der Waals surface area (Å²) >= 11 is 0. The Morgan fingerprint density at radius 2 is 2.15 bits per heavy atom. The van der Waals surface area contributed by atoms with Gasteiger partial charge in [0.2, 0.25) is 0 Å². The molecule has 0 saturated carbocycles. The number of hydrogen-bond donors (Lipinski definition) is 1. The molecule has 116 valence electrons. The van der Waals surface area contributed by atoms with Gasteiger partial charge in [0.05, 0.1) is 0 Å². The Bertz CT molecular complexity index is 338. The number of nitrogens with zero attached hydrogens (tertiary/aromatic N) is 2. The first kappa shape index (κ1) is 17.2. The van der Waals surface area contributed by atoms with Crippen molar-refractivity contribution in [3.8, 4) is 0 Å². The minimum atomic E-state index is 0.508. The van der Waals surface area contributed by atoms with Crippen LogP contribution in [0.15, 0.2) is 12.4 Å². The molecule has 1 rings (SSSR count). The van der Waals surface area contributed by atoms with E-state index < -0.39 is 0 Å². The summed E-state index contributed by atoms with van der Waals surface area (Å²) in [4.78, 5) is 4.52. The lowest BCUT2D eigenvalue weighted by molar-refractivity contribution is 0.140. The summed E-state index contributed by atoms with van der Waals surface area (Å²) in [5.41, 5.74) is 0. The molecule has 0 spiro atoms. The van der Waals surface area contributed by atoms with Crippen molar-refractivity contribution in [1.29, 1.82) is 0 Å². The van der Waals surface area contributed by atoms with E-state index in [-0.39, 0.29) is 0 Å². The van der Waals surface area contributed by atoms with Gasteiger partial charge in [0.15, 0.2) is 0 Å². The lowest BCUT2D eigenvalue weighted by Gasteiger charge is -2.19. The van der Waals surface area contributed by atoms with Gasteiger partial charge >= 0.3 is 0 Å². The predicted octanol–water partition coefficient (Wildman–Crippen LogP) is 3.02. The van der Waals surface area contributed by atoms with E-state index in [2.05, 4.69) is 34.9 Å². The van der Waals surface area contributed by atoms with Crippen LogP contribution in [0.2, 0.25) is 0 Å². The van der Waals surface area contributed by atoms with Gasteiger partial charge in [0, 0.05) is 44.6 Å². The van der Waals surface area contributed by atoms with Gasteiger partial charge in [-0.3, -0.25) is 0 Å². The highest BCUT2D eigenvalue weighted by molar-refractivity contribution is 4.95. The summed E-state index contributed by atoms with van der Waals surface area (Å²) in [6.45, 7) is 10.3. The molecule has 0 aliphatic carbocycles. The third-order valence-electron chi connectivity index (χ3n) is 3.42. The smallest absolute Gasteiger partial charge is 0.110 e. The van der Waals surface area contributed by atoms with Gasteiger partial charge < -0.3 is 14.6 Å². The molecule has 1 unspecified atom stereocenters. The molecular formula is C16H31N3O. The van der Waals surface area contributed by atoms with Crippen LogP contribution in [0.5, 0.6) is 0 Å². The maximum Gasteiger partial charge on any atom is 0.110 e. The average Bonchev–Trinajstić information content (AvgIpc) is 2.88. The zero-order chi connectivity index (χ0) is 14.6. The Labute approximate surface area is 123 Å². The summed E-state index contributed by atoms with van der Waals surface area (Å²) in [5.74, 6) is 1.21. The van der Waals surface area contributed by atoms with Crippen molar-refractivity contribution < 1.29 is 4.74 Å². The van der Waals surface area contributed by atoms with Gasteiger partial charge in [0.25, 0.3) is 0 Å². The Morgan fingerprint density at radius 3 is 2.85 bits per heavy atom. The molecule has 1 aromatic heterocycles. The number of nitrogens with one attached hydrogen (secondary N) is 1. The van der Waals surface area contributed by atoms with E-state index in [9.17, 15) is 0 Å². The fourth-order valence-electron chi connectivity index (χ4n) is 2.40. The van der Waals surface area contributed by atoms with E-state index in [0.717, 1.165) is 52.0 Å². The van der Waals surface area contributed by atoms with E-state index in [4.69, 9.17) is 4.74 Å². The second-order valence-electron chi connectivity index (χ2n) is 5.23. The maximum atomic E-state index is 5.44. The van der Waals surface area contributed by atoms with Crippen molar-refractivity contribution in [2.75, 3.05) is 19.8 Å². The van der Waals surface area contributed by atoms with Crippen LogP contribution >= 0.6 is 0 Å². The summed E-state index contributed by atoms with van der Waals surface area (Å²) < 4.78 is 7.72. The second-order valence-corrected chi connectivity index (χ2v) is 5.23. The summed E-state index contributed by atoms with van der Waals surface area (Å²) in [5, 5.41) is 3.65. The largest absolute Gasteiger partial charge is 0.382 e. The molecule has 4 nitrogen and oxygen atoms in total. The SMILES string of the molecule is CCCNC(CCCOCC)Cc1nccn1CCC. The first-order valence-electron chi connectivity index (χ1n) is 8.12. The Hall–Kier alpha value is -0.870. The van der Waals surface area contributed by atoms with Gasteiger partial charge in [-0.25, -0.2) is 4.98 Å². The fraction of sp³-hybridized carbons (Fsp3) is 0.812. The third kappa shape index (κ3) is 6.53. The molecule has 0 aromatic carbocycles. The third-order valence-corrected chi connectivity index (χ3v) is 3.42. The standard InChI is InChI=1S/C16H31N3O/c1-4-9-17-15(8-7-13-20-6-3)14-16-18-10-12-19(16)11-5-2/h10,12,15,17H,4-9,11,13-14H2,1-3H3. The Morgan fingerprint density at radius 1 is 1.30 bits per heavy atom. The number of aromatic nitrogens is 2. The van der Waals surface area contributed by atoms with Crippen LogP contribution in [-0.4, -0.2) is 35.4 Å². The summed E-state index contributed by atoms with van der Waals surface area (Å²) in [6, 6.07) is 0.508. The normalized spacial score (nSPS) is 12.8. The van der Waals surface area contributed by atoms with Crippen LogP contribution in [0, 0.1) is 0 Å². The van der Waals surface area contributed by atoms with Gasteiger partial charge in [-0.2, -0.15) is 0 Å². The van der Waals surface area contributed by atoms with E-state index in [1.54, 1.807) is 0 Å². The highest BCUT2D eigenvalue weighted by atomic mass is 16.5. The molecular weight excluding hydrogens is 250 g/mol. The molecule has 0 aliphatic rings. The topological polar surface area (TPSA) is 39.1 Å². The molecule has 20 heavy (non-hydrogen) atoms. The van der Waals surface area contributed by atoms with Crippen LogP contribution in [0.4, 0.5) is 0 Å². The molecule has 0 saturated heterocycles. The summed E-state index contributed by atoms with van der Waals surface area (Å²) in [6.07, 6.45) is 9.62. The molecule has 1 N–H and O–H groups in total. The molecule has 0 fully saturated rings. The minimum Gasteiger partial charge on any atom is -0.382 e. The van der Waals surface area contributed by atoms with Crippen molar-refractivity contribution in [1.82, 2.24) is 14.9 Å². The average molecular weight is 281 g/mol.